The molecule has 0 radical (unpaired) electrons. The van der Waals surface area contributed by atoms with Gasteiger partial charge in [-0.05, 0) is 36.7 Å². The normalized spacial score (nSPS) is 26.0. The zero-order chi connectivity index (χ0) is 14.7. The topological polar surface area (TPSA) is 66.5 Å². The van der Waals surface area contributed by atoms with E-state index < -0.39 is 17.9 Å². The summed E-state index contributed by atoms with van der Waals surface area (Å²) in [5, 5.41) is 2.35. The van der Waals surface area contributed by atoms with Gasteiger partial charge < -0.3 is 0 Å². The highest BCUT2D eigenvalue weighted by molar-refractivity contribution is 7.98. The number of carbonyl (C=O) groups is 3. The Hall–Kier alpha value is -1.04. The van der Waals surface area contributed by atoms with E-state index in [1.54, 1.807) is 11.8 Å². The van der Waals surface area contributed by atoms with E-state index in [2.05, 4.69) is 5.32 Å². The van der Waals surface area contributed by atoms with E-state index in [0.29, 0.717) is 6.54 Å². The summed E-state index contributed by atoms with van der Waals surface area (Å²) in [6.45, 7) is 2.40. The molecule has 2 rings (SSSR count). The van der Waals surface area contributed by atoms with Crippen molar-refractivity contribution in [3.05, 3.63) is 0 Å². The molecule has 2 fully saturated rings. The van der Waals surface area contributed by atoms with Gasteiger partial charge in [0.25, 0.3) is 0 Å². The molecule has 5 nitrogen and oxygen atoms in total. The quantitative estimate of drug-likeness (QED) is 0.787. The number of amides is 4. The molecule has 1 saturated carbocycles. The molecule has 1 heterocycles. The Balaban J connectivity index is 2.09. The van der Waals surface area contributed by atoms with Gasteiger partial charge in [0.05, 0.1) is 0 Å². The number of imide groups is 2. The second kappa shape index (κ2) is 6.61. The van der Waals surface area contributed by atoms with E-state index in [0.717, 1.165) is 31.4 Å². The lowest BCUT2D eigenvalue weighted by molar-refractivity contribution is -0.145. The number of carbonyl (C=O) groups excluding carboxylic acids is 3. The fourth-order valence-corrected chi connectivity index (χ4v) is 3.83. The SMILES string of the molecule is CSCC(C)CN1C(=O)NC(=O)C(C2CCCC2)C1=O. The lowest BCUT2D eigenvalue weighted by Gasteiger charge is -2.34. The van der Waals surface area contributed by atoms with Crippen molar-refractivity contribution in [1.82, 2.24) is 10.2 Å². The Morgan fingerprint density at radius 2 is 1.95 bits per heavy atom. The van der Waals surface area contributed by atoms with Gasteiger partial charge in [0.15, 0.2) is 0 Å². The van der Waals surface area contributed by atoms with Crippen LogP contribution in [0.2, 0.25) is 0 Å². The minimum absolute atomic E-state index is 0.106. The highest BCUT2D eigenvalue weighted by Crippen LogP contribution is 2.34. The van der Waals surface area contributed by atoms with Crippen LogP contribution in [0, 0.1) is 17.8 Å². The monoisotopic (exact) mass is 298 g/mol. The van der Waals surface area contributed by atoms with Crippen LogP contribution in [0.25, 0.3) is 0 Å². The molecule has 1 N–H and O–H groups in total. The van der Waals surface area contributed by atoms with Crippen molar-refractivity contribution < 1.29 is 14.4 Å². The fourth-order valence-electron chi connectivity index (χ4n) is 3.16. The van der Waals surface area contributed by atoms with Gasteiger partial charge in [0.2, 0.25) is 11.8 Å². The summed E-state index contributed by atoms with van der Waals surface area (Å²) >= 11 is 1.69. The molecule has 0 aromatic carbocycles. The first-order valence-corrected chi connectivity index (χ1v) is 8.59. The minimum Gasteiger partial charge on any atom is -0.277 e. The molecule has 2 unspecified atom stereocenters. The number of urea groups is 1. The molecule has 6 heteroatoms. The van der Waals surface area contributed by atoms with Crippen LogP contribution in [0.5, 0.6) is 0 Å². The van der Waals surface area contributed by atoms with E-state index in [-0.39, 0.29) is 17.7 Å². The lowest BCUT2D eigenvalue weighted by atomic mass is 9.87. The number of hydrogen-bond acceptors (Lipinski definition) is 4. The summed E-state index contributed by atoms with van der Waals surface area (Å²) in [7, 11) is 0. The Morgan fingerprint density at radius 1 is 1.30 bits per heavy atom. The molecule has 2 aliphatic rings. The summed E-state index contributed by atoms with van der Waals surface area (Å²) in [4.78, 5) is 37.6. The van der Waals surface area contributed by atoms with E-state index in [1.165, 1.54) is 4.90 Å². The van der Waals surface area contributed by atoms with E-state index >= 15 is 0 Å². The molecule has 1 aliphatic carbocycles. The minimum atomic E-state index is -0.656. The van der Waals surface area contributed by atoms with Crippen molar-refractivity contribution in [1.29, 1.82) is 0 Å². The van der Waals surface area contributed by atoms with Gasteiger partial charge in [-0.3, -0.25) is 19.8 Å². The second-order valence-corrected chi connectivity index (χ2v) is 6.74. The summed E-state index contributed by atoms with van der Waals surface area (Å²) in [6.07, 6.45) is 5.95. The van der Waals surface area contributed by atoms with Crippen molar-refractivity contribution in [3.8, 4) is 0 Å². The molecule has 1 saturated heterocycles. The lowest BCUT2D eigenvalue weighted by Crippen LogP contribution is -2.60. The van der Waals surface area contributed by atoms with Crippen LogP contribution < -0.4 is 5.32 Å². The second-order valence-electron chi connectivity index (χ2n) is 5.83. The van der Waals surface area contributed by atoms with E-state index in [1.807, 2.05) is 13.2 Å². The van der Waals surface area contributed by atoms with Crippen molar-refractivity contribution in [2.75, 3.05) is 18.6 Å². The molecule has 2 atom stereocenters. The number of thioether (sulfide) groups is 1. The smallest absolute Gasteiger partial charge is 0.277 e. The maximum Gasteiger partial charge on any atom is 0.330 e. The predicted molar refractivity (Wildman–Crippen MR) is 78.2 cm³/mol. The summed E-state index contributed by atoms with van der Waals surface area (Å²) in [6, 6.07) is -0.554. The first kappa shape index (κ1) is 15.4. The van der Waals surface area contributed by atoms with Gasteiger partial charge in [-0.2, -0.15) is 11.8 Å². The third kappa shape index (κ3) is 3.16. The number of nitrogens with one attached hydrogen (secondary N) is 1. The van der Waals surface area contributed by atoms with Crippen LogP contribution >= 0.6 is 11.8 Å². The van der Waals surface area contributed by atoms with Gasteiger partial charge >= 0.3 is 6.03 Å². The summed E-state index contributed by atoms with van der Waals surface area (Å²) < 4.78 is 0. The molecule has 112 valence electrons. The van der Waals surface area contributed by atoms with Crippen LogP contribution in [0.15, 0.2) is 0 Å². The van der Waals surface area contributed by atoms with Crippen molar-refractivity contribution in [2.24, 2.45) is 17.8 Å². The Labute approximate surface area is 123 Å². The molecule has 1 aliphatic heterocycles. The van der Waals surface area contributed by atoms with Crippen LogP contribution in [-0.4, -0.2) is 41.3 Å². The number of barbiturate groups is 1. The third-order valence-corrected chi connectivity index (χ3v) is 5.01. The Bertz CT molecular complexity index is 407. The number of rotatable bonds is 5. The largest absolute Gasteiger partial charge is 0.330 e. The van der Waals surface area contributed by atoms with E-state index in [9.17, 15) is 14.4 Å². The van der Waals surface area contributed by atoms with E-state index in [4.69, 9.17) is 0 Å². The highest BCUT2D eigenvalue weighted by atomic mass is 32.2. The van der Waals surface area contributed by atoms with Gasteiger partial charge in [0.1, 0.15) is 5.92 Å². The van der Waals surface area contributed by atoms with Gasteiger partial charge in [0, 0.05) is 6.54 Å². The van der Waals surface area contributed by atoms with Gasteiger partial charge in [-0.15, -0.1) is 0 Å². The van der Waals surface area contributed by atoms with Crippen molar-refractivity contribution >= 4 is 29.6 Å². The first-order chi connectivity index (χ1) is 9.54. The van der Waals surface area contributed by atoms with Gasteiger partial charge in [-0.25, -0.2) is 4.79 Å². The zero-order valence-electron chi connectivity index (χ0n) is 12.1. The van der Waals surface area contributed by atoms with Crippen LogP contribution in [-0.2, 0) is 9.59 Å². The third-order valence-electron chi connectivity index (χ3n) is 4.11. The summed E-state index contributed by atoms with van der Waals surface area (Å²) in [5.41, 5.74) is 0. The fraction of sp³-hybridized carbons (Fsp3) is 0.786. The summed E-state index contributed by atoms with van der Waals surface area (Å²) in [5.74, 6) is -0.124. The standard InChI is InChI=1S/C14H22N2O3S/c1-9(8-20-2)7-16-13(18)11(10-5-3-4-6-10)12(17)15-14(16)19/h9-11H,3-8H2,1-2H3,(H,15,17,19). The van der Waals surface area contributed by atoms with Crippen LogP contribution in [0.4, 0.5) is 4.79 Å². The van der Waals surface area contributed by atoms with Crippen molar-refractivity contribution in [3.63, 3.8) is 0 Å². The highest BCUT2D eigenvalue weighted by Gasteiger charge is 2.45. The molecular formula is C14H22N2O3S. The molecule has 0 spiro atoms. The van der Waals surface area contributed by atoms with Crippen molar-refractivity contribution in [2.45, 2.75) is 32.6 Å². The molecule has 0 aromatic rings. The van der Waals surface area contributed by atoms with Crippen LogP contribution in [0.1, 0.15) is 32.6 Å². The molecule has 20 heavy (non-hydrogen) atoms. The molecular weight excluding hydrogens is 276 g/mol. The average Bonchev–Trinajstić information content (AvgIpc) is 2.88. The Kier molecular flexibility index (Phi) is 5.07. The molecule has 0 aromatic heterocycles. The molecule has 4 amide bonds. The van der Waals surface area contributed by atoms with Gasteiger partial charge in [-0.1, -0.05) is 19.8 Å². The maximum atomic E-state index is 12.5. The predicted octanol–water partition coefficient (Wildman–Crippen LogP) is 1.87. The van der Waals surface area contributed by atoms with Crippen LogP contribution in [0.3, 0.4) is 0 Å². The first-order valence-electron chi connectivity index (χ1n) is 7.19. The maximum absolute atomic E-state index is 12.5. The average molecular weight is 298 g/mol. The number of hydrogen-bond donors (Lipinski definition) is 1. The Morgan fingerprint density at radius 3 is 2.55 bits per heavy atom. The zero-order valence-corrected chi connectivity index (χ0v) is 12.9. The number of nitrogens with zero attached hydrogens (tertiary/aromatic N) is 1. The molecule has 0 bridgehead atoms.